The Hall–Kier alpha value is -2.24. The summed E-state index contributed by atoms with van der Waals surface area (Å²) in [7, 11) is 0. The molecule has 6 heteroatoms. The van der Waals surface area contributed by atoms with E-state index in [-0.39, 0.29) is 0 Å². The highest BCUT2D eigenvalue weighted by molar-refractivity contribution is 6.32. The van der Waals surface area contributed by atoms with Crippen LogP contribution in [0.3, 0.4) is 0 Å². The molecule has 0 aromatic heterocycles. The fourth-order valence-electron chi connectivity index (χ4n) is 3.01. The lowest BCUT2D eigenvalue weighted by Crippen LogP contribution is -2.21. The third-order valence-corrected chi connectivity index (χ3v) is 5.05. The van der Waals surface area contributed by atoms with E-state index in [1.807, 2.05) is 73.7 Å². The zero-order valence-electron chi connectivity index (χ0n) is 16.8. The van der Waals surface area contributed by atoms with Gasteiger partial charge in [-0.05, 0) is 47.9 Å². The summed E-state index contributed by atoms with van der Waals surface area (Å²) < 4.78 is 11.7. The number of benzene rings is 3. The van der Waals surface area contributed by atoms with E-state index < -0.39 is 6.10 Å². The third kappa shape index (κ3) is 6.38. The Bertz CT molecular complexity index is 933. The molecule has 30 heavy (non-hydrogen) atoms. The van der Waals surface area contributed by atoms with Crippen molar-refractivity contribution in [3.63, 3.8) is 0 Å². The minimum absolute atomic E-state index is 0.359. The van der Waals surface area contributed by atoms with E-state index in [0.29, 0.717) is 47.8 Å². The van der Waals surface area contributed by atoms with Crippen LogP contribution in [0.1, 0.15) is 29.7 Å². The van der Waals surface area contributed by atoms with Crippen LogP contribution in [0.5, 0.6) is 11.5 Å². The zero-order valence-corrected chi connectivity index (χ0v) is 18.3. The van der Waals surface area contributed by atoms with Crippen LogP contribution >= 0.6 is 23.2 Å². The minimum Gasteiger partial charge on any atom is -0.490 e. The summed E-state index contributed by atoms with van der Waals surface area (Å²) in [6.45, 7) is 3.74. The molecule has 0 saturated heterocycles. The second-order valence-corrected chi connectivity index (χ2v) is 7.65. The van der Waals surface area contributed by atoms with Crippen LogP contribution in [0.4, 0.5) is 0 Å². The first-order chi connectivity index (χ1) is 14.6. The highest BCUT2D eigenvalue weighted by atomic mass is 35.5. The number of aliphatic hydroxyl groups is 1. The Morgan fingerprint density at radius 1 is 0.933 bits per heavy atom. The van der Waals surface area contributed by atoms with Gasteiger partial charge in [0.15, 0.2) is 11.5 Å². The molecule has 0 bridgehead atoms. The number of ether oxygens (including phenoxy) is 2. The standard InChI is InChI=1S/C24H25Cl2NO3/c1-2-29-23-13-18(14-27-15-22(28)19-6-4-3-5-7-19)12-21(26)24(23)30-16-17-8-10-20(25)11-9-17/h3-13,22,27-28H,2,14-16H2,1H3. The molecule has 1 unspecified atom stereocenters. The maximum atomic E-state index is 10.3. The van der Waals surface area contributed by atoms with Gasteiger partial charge in [0.05, 0.1) is 17.7 Å². The highest BCUT2D eigenvalue weighted by Crippen LogP contribution is 2.37. The number of halogens is 2. The van der Waals surface area contributed by atoms with Crippen LogP contribution in [0.25, 0.3) is 0 Å². The summed E-state index contributed by atoms with van der Waals surface area (Å²) >= 11 is 12.4. The highest BCUT2D eigenvalue weighted by Gasteiger charge is 2.14. The van der Waals surface area contributed by atoms with Gasteiger partial charge in [-0.25, -0.2) is 0 Å². The Labute approximate surface area is 187 Å². The second-order valence-electron chi connectivity index (χ2n) is 6.81. The van der Waals surface area contributed by atoms with Crippen molar-refractivity contribution in [1.29, 1.82) is 0 Å². The molecule has 0 fully saturated rings. The summed E-state index contributed by atoms with van der Waals surface area (Å²) in [5, 5.41) is 14.7. The molecule has 0 aliphatic rings. The molecule has 0 radical (unpaired) electrons. The Balaban J connectivity index is 1.64. The number of aliphatic hydroxyl groups excluding tert-OH is 1. The fraction of sp³-hybridized carbons (Fsp3) is 0.250. The molecule has 4 nitrogen and oxygen atoms in total. The molecule has 0 saturated carbocycles. The second kappa shape index (κ2) is 11.2. The first-order valence-electron chi connectivity index (χ1n) is 9.83. The van der Waals surface area contributed by atoms with Gasteiger partial charge in [-0.3, -0.25) is 0 Å². The Morgan fingerprint density at radius 2 is 1.67 bits per heavy atom. The zero-order chi connectivity index (χ0) is 21.3. The average molecular weight is 446 g/mol. The van der Waals surface area contributed by atoms with E-state index >= 15 is 0 Å². The van der Waals surface area contributed by atoms with Crippen LogP contribution in [0.2, 0.25) is 10.0 Å². The SMILES string of the molecule is CCOc1cc(CNCC(O)c2ccccc2)cc(Cl)c1OCc1ccc(Cl)cc1. The average Bonchev–Trinajstić information content (AvgIpc) is 2.75. The Morgan fingerprint density at radius 3 is 2.37 bits per heavy atom. The number of nitrogens with one attached hydrogen (secondary N) is 1. The van der Waals surface area contributed by atoms with E-state index in [9.17, 15) is 5.11 Å². The number of rotatable bonds is 10. The van der Waals surface area contributed by atoms with Crippen molar-refractivity contribution in [3.8, 4) is 11.5 Å². The molecule has 1 atom stereocenters. The lowest BCUT2D eigenvalue weighted by molar-refractivity contribution is 0.174. The van der Waals surface area contributed by atoms with Crippen LogP contribution in [0.15, 0.2) is 66.7 Å². The van der Waals surface area contributed by atoms with Crippen molar-refractivity contribution in [2.75, 3.05) is 13.2 Å². The quantitative estimate of drug-likeness (QED) is 0.414. The molecule has 0 heterocycles. The van der Waals surface area contributed by atoms with Crippen molar-refractivity contribution >= 4 is 23.2 Å². The number of hydrogen-bond donors (Lipinski definition) is 2. The van der Waals surface area contributed by atoms with Gasteiger partial charge in [0.25, 0.3) is 0 Å². The summed E-state index contributed by atoms with van der Waals surface area (Å²) in [6.07, 6.45) is -0.574. The van der Waals surface area contributed by atoms with E-state index in [0.717, 1.165) is 16.7 Å². The summed E-state index contributed by atoms with van der Waals surface area (Å²) in [5.74, 6) is 1.11. The Kier molecular flexibility index (Phi) is 8.40. The van der Waals surface area contributed by atoms with E-state index in [1.54, 1.807) is 0 Å². The first-order valence-corrected chi connectivity index (χ1v) is 10.6. The van der Waals surface area contributed by atoms with Gasteiger partial charge in [0, 0.05) is 18.1 Å². The lowest BCUT2D eigenvalue weighted by atomic mass is 10.1. The van der Waals surface area contributed by atoms with Gasteiger partial charge in [-0.2, -0.15) is 0 Å². The monoisotopic (exact) mass is 445 g/mol. The maximum absolute atomic E-state index is 10.3. The molecule has 3 aromatic carbocycles. The number of hydrogen-bond acceptors (Lipinski definition) is 4. The molecule has 0 aliphatic heterocycles. The fourth-order valence-corrected chi connectivity index (χ4v) is 3.42. The van der Waals surface area contributed by atoms with Gasteiger partial charge in [-0.1, -0.05) is 65.7 Å². The van der Waals surface area contributed by atoms with Gasteiger partial charge in [0.2, 0.25) is 0 Å². The van der Waals surface area contributed by atoms with Crippen molar-refractivity contribution in [1.82, 2.24) is 5.32 Å². The molecule has 158 valence electrons. The molecular weight excluding hydrogens is 421 g/mol. The van der Waals surface area contributed by atoms with Crippen molar-refractivity contribution < 1.29 is 14.6 Å². The van der Waals surface area contributed by atoms with E-state index in [1.165, 1.54) is 0 Å². The summed E-state index contributed by atoms with van der Waals surface area (Å²) in [6, 6.07) is 20.8. The van der Waals surface area contributed by atoms with Crippen LogP contribution < -0.4 is 14.8 Å². The van der Waals surface area contributed by atoms with Crippen molar-refractivity contribution in [2.45, 2.75) is 26.2 Å². The molecule has 3 aromatic rings. The topological polar surface area (TPSA) is 50.7 Å². The molecule has 2 N–H and O–H groups in total. The molecule has 3 rings (SSSR count). The van der Waals surface area contributed by atoms with Crippen LogP contribution in [-0.2, 0) is 13.2 Å². The minimum atomic E-state index is -0.574. The normalized spacial score (nSPS) is 11.9. The largest absolute Gasteiger partial charge is 0.490 e. The van der Waals surface area contributed by atoms with Gasteiger partial charge in [0.1, 0.15) is 6.61 Å². The van der Waals surface area contributed by atoms with E-state index in [2.05, 4.69) is 5.32 Å². The predicted octanol–water partition coefficient (Wildman–Crippen LogP) is 5.79. The van der Waals surface area contributed by atoms with Crippen molar-refractivity contribution in [2.24, 2.45) is 0 Å². The van der Waals surface area contributed by atoms with Gasteiger partial charge < -0.3 is 19.9 Å². The summed E-state index contributed by atoms with van der Waals surface area (Å²) in [5.41, 5.74) is 2.81. The lowest BCUT2D eigenvalue weighted by Gasteiger charge is -2.16. The third-order valence-electron chi connectivity index (χ3n) is 4.52. The smallest absolute Gasteiger partial charge is 0.180 e. The van der Waals surface area contributed by atoms with Crippen LogP contribution in [0, 0.1) is 0 Å². The molecule has 0 spiro atoms. The molecule has 0 aliphatic carbocycles. The van der Waals surface area contributed by atoms with Gasteiger partial charge in [-0.15, -0.1) is 0 Å². The summed E-state index contributed by atoms with van der Waals surface area (Å²) in [4.78, 5) is 0. The van der Waals surface area contributed by atoms with Crippen molar-refractivity contribution in [3.05, 3.63) is 93.5 Å². The van der Waals surface area contributed by atoms with Crippen LogP contribution in [-0.4, -0.2) is 18.3 Å². The predicted molar refractivity (Wildman–Crippen MR) is 122 cm³/mol. The van der Waals surface area contributed by atoms with E-state index in [4.69, 9.17) is 32.7 Å². The molecular formula is C24H25Cl2NO3. The molecule has 0 amide bonds. The first kappa shape index (κ1) is 22.4. The maximum Gasteiger partial charge on any atom is 0.180 e. The van der Waals surface area contributed by atoms with Gasteiger partial charge >= 0.3 is 0 Å².